The van der Waals surface area contributed by atoms with E-state index in [1.54, 1.807) is 0 Å². The summed E-state index contributed by atoms with van der Waals surface area (Å²) in [5.74, 6) is 1.68. The van der Waals surface area contributed by atoms with Gasteiger partial charge in [0.15, 0.2) is 11.5 Å². The smallest absolute Gasteiger partial charge is 0.161 e. The third-order valence-corrected chi connectivity index (χ3v) is 3.75. The first-order valence-electron chi connectivity index (χ1n) is 6.82. The maximum atomic E-state index is 6.46. The fourth-order valence-corrected chi connectivity index (χ4v) is 2.81. The molecule has 1 aliphatic rings. The number of alkyl halides is 1. The van der Waals surface area contributed by atoms with Gasteiger partial charge in [0.1, 0.15) is 0 Å². The van der Waals surface area contributed by atoms with Gasteiger partial charge in [-0.25, -0.2) is 0 Å². The van der Waals surface area contributed by atoms with E-state index in [2.05, 4.69) is 12.1 Å². The Labute approximate surface area is 114 Å². The summed E-state index contributed by atoms with van der Waals surface area (Å²) in [5, 5.41) is 0.109. The van der Waals surface area contributed by atoms with E-state index in [0.29, 0.717) is 13.2 Å². The van der Waals surface area contributed by atoms with Gasteiger partial charge in [-0.05, 0) is 56.4 Å². The van der Waals surface area contributed by atoms with Crippen LogP contribution in [0.4, 0.5) is 0 Å². The SMILES string of the molecule is CCOc1cc2c(cc1OCC)C(Cl)CCCC2. The summed E-state index contributed by atoms with van der Waals surface area (Å²) in [5.41, 5.74) is 2.54. The average Bonchev–Trinajstić information content (AvgIpc) is 2.53. The average molecular weight is 269 g/mol. The predicted octanol–water partition coefficient (Wildman–Crippen LogP) is 4.49. The Balaban J connectivity index is 2.40. The Hall–Kier alpha value is -0.890. The van der Waals surface area contributed by atoms with Gasteiger partial charge < -0.3 is 9.47 Å². The van der Waals surface area contributed by atoms with Gasteiger partial charge in [0, 0.05) is 0 Å². The maximum absolute atomic E-state index is 6.46. The predicted molar refractivity (Wildman–Crippen MR) is 74.9 cm³/mol. The highest BCUT2D eigenvalue weighted by Crippen LogP contribution is 2.40. The van der Waals surface area contributed by atoms with Crippen LogP contribution in [0, 0.1) is 0 Å². The number of ether oxygens (including phenoxy) is 2. The lowest BCUT2D eigenvalue weighted by molar-refractivity contribution is 0.287. The first kappa shape index (κ1) is 13.5. The van der Waals surface area contributed by atoms with Gasteiger partial charge in [0.25, 0.3) is 0 Å². The zero-order valence-corrected chi connectivity index (χ0v) is 11.9. The minimum Gasteiger partial charge on any atom is -0.490 e. The van der Waals surface area contributed by atoms with Gasteiger partial charge in [-0.2, -0.15) is 0 Å². The molecule has 1 atom stereocenters. The summed E-state index contributed by atoms with van der Waals surface area (Å²) in [6.45, 7) is 5.28. The molecule has 0 spiro atoms. The van der Waals surface area contributed by atoms with Gasteiger partial charge in [0.05, 0.1) is 18.6 Å². The molecule has 100 valence electrons. The van der Waals surface area contributed by atoms with Gasteiger partial charge in [-0.15, -0.1) is 11.6 Å². The van der Waals surface area contributed by atoms with E-state index in [-0.39, 0.29) is 5.38 Å². The van der Waals surface area contributed by atoms with Crippen molar-refractivity contribution >= 4 is 11.6 Å². The highest BCUT2D eigenvalue weighted by Gasteiger charge is 2.20. The fourth-order valence-electron chi connectivity index (χ4n) is 2.46. The lowest BCUT2D eigenvalue weighted by Gasteiger charge is -2.17. The number of fused-ring (bicyclic) bond motifs is 1. The van der Waals surface area contributed by atoms with E-state index < -0.39 is 0 Å². The van der Waals surface area contributed by atoms with Crippen molar-refractivity contribution in [2.45, 2.75) is 44.9 Å². The molecular weight excluding hydrogens is 248 g/mol. The molecule has 0 heterocycles. The molecule has 0 fully saturated rings. The first-order chi connectivity index (χ1) is 8.76. The van der Waals surface area contributed by atoms with Crippen LogP contribution in [0.1, 0.15) is 49.6 Å². The van der Waals surface area contributed by atoms with Crippen molar-refractivity contribution in [3.63, 3.8) is 0 Å². The van der Waals surface area contributed by atoms with E-state index in [1.165, 1.54) is 24.0 Å². The molecule has 1 aliphatic carbocycles. The van der Waals surface area contributed by atoms with Crippen molar-refractivity contribution in [3.05, 3.63) is 23.3 Å². The molecule has 0 bridgehead atoms. The maximum Gasteiger partial charge on any atom is 0.161 e. The summed E-state index contributed by atoms with van der Waals surface area (Å²) in [7, 11) is 0. The second-order valence-corrected chi connectivity index (χ2v) is 5.10. The van der Waals surface area contributed by atoms with Crippen LogP contribution in [0.25, 0.3) is 0 Å². The number of hydrogen-bond acceptors (Lipinski definition) is 2. The highest BCUT2D eigenvalue weighted by atomic mass is 35.5. The zero-order chi connectivity index (χ0) is 13.0. The second-order valence-electron chi connectivity index (χ2n) is 4.58. The molecule has 1 unspecified atom stereocenters. The van der Waals surface area contributed by atoms with Crippen molar-refractivity contribution < 1.29 is 9.47 Å². The summed E-state index contributed by atoms with van der Waals surface area (Å²) < 4.78 is 11.3. The number of rotatable bonds is 4. The van der Waals surface area contributed by atoms with Crippen molar-refractivity contribution in [2.24, 2.45) is 0 Å². The van der Waals surface area contributed by atoms with Crippen LogP contribution in [0.5, 0.6) is 11.5 Å². The van der Waals surface area contributed by atoms with Gasteiger partial charge in [-0.1, -0.05) is 6.42 Å². The lowest BCUT2D eigenvalue weighted by Crippen LogP contribution is -2.02. The van der Waals surface area contributed by atoms with E-state index in [1.807, 2.05) is 13.8 Å². The van der Waals surface area contributed by atoms with Crippen molar-refractivity contribution in [1.82, 2.24) is 0 Å². The molecule has 0 saturated carbocycles. The number of halogens is 1. The lowest BCUT2D eigenvalue weighted by atomic mass is 10.0. The van der Waals surface area contributed by atoms with Crippen molar-refractivity contribution in [2.75, 3.05) is 13.2 Å². The van der Waals surface area contributed by atoms with Crippen LogP contribution in [0.2, 0.25) is 0 Å². The number of aryl methyl sites for hydroxylation is 1. The van der Waals surface area contributed by atoms with Crippen LogP contribution in [0.3, 0.4) is 0 Å². The van der Waals surface area contributed by atoms with Crippen LogP contribution in [-0.4, -0.2) is 13.2 Å². The van der Waals surface area contributed by atoms with Crippen LogP contribution < -0.4 is 9.47 Å². The molecule has 0 N–H and O–H groups in total. The van der Waals surface area contributed by atoms with Gasteiger partial charge in [0.2, 0.25) is 0 Å². The molecular formula is C15H21ClO2. The van der Waals surface area contributed by atoms with Crippen LogP contribution in [0.15, 0.2) is 12.1 Å². The summed E-state index contributed by atoms with van der Waals surface area (Å²) >= 11 is 6.46. The first-order valence-corrected chi connectivity index (χ1v) is 7.26. The summed E-state index contributed by atoms with van der Waals surface area (Å²) in [4.78, 5) is 0. The Bertz CT molecular complexity index is 404. The quantitative estimate of drug-likeness (QED) is 0.592. The highest BCUT2D eigenvalue weighted by molar-refractivity contribution is 6.21. The molecule has 0 amide bonds. The second kappa shape index (κ2) is 6.33. The molecule has 1 aromatic carbocycles. The molecule has 0 aliphatic heterocycles. The van der Waals surface area contributed by atoms with E-state index >= 15 is 0 Å². The third-order valence-electron chi connectivity index (χ3n) is 3.30. The minimum atomic E-state index is 0.109. The zero-order valence-electron chi connectivity index (χ0n) is 11.2. The normalized spacial score (nSPS) is 18.9. The molecule has 1 aromatic rings. The molecule has 2 rings (SSSR count). The van der Waals surface area contributed by atoms with Gasteiger partial charge in [-0.3, -0.25) is 0 Å². The largest absolute Gasteiger partial charge is 0.490 e. The van der Waals surface area contributed by atoms with E-state index in [0.717, 1.165) is 24.3 Å². The molecule has 0 aromatic heterocycles. The van der Waals surface area contributed by atoms with Crippen LogP contribution in [-0.2, 0) is 6.42 Å². The summed E-state index contributed by atoms with van der Waals surface area (Å²) in [6.07, 6.45) is 4.53. The Morgan fingerprint density at radius 2 is 1.78 bits per heavy atom. The standard InChI is InChI=1S/C15H21ClO2/c1-3-17-14-9-11-7-5-6-8-13(16)12(11)10-15(14)18-4-2/h9-10,13H,3-8H2,1-2H3. The van der Waals surface area contributed by atoms with Gasteiger partial charge >= 0.3 is 0 Å². The molecule has 0 saturated heterocycles. The third kappa shape index (κ3) is 2.92. The molecule has 0 radical (unpaired) electrons. The number of hydrogen-bond donors (Lipinski definition) is 0. The Morgan fingerprint density at radius 1 is 1.11 bits per heavy atom. The van der Waals surface area contributed by atoms with Crippen molar-refractivity contribution in [1.29, 1.82) is 0 Å². The fraction of sp³-hybridized carbons (Fsp3) is 0.600. The molecule has 18 heavy (non-hydrogen) atoms. The Kier molecular flexibility index (Phi) is 4.76. The molecule has 3 heteroatoms. The summed E-state index contributed by atoms with van der Waals surface area (Å²) in [6, 6.07) is 4.19. The van der Waals surface area contributed by atoms with E-state index in [9.17, 15) is 0 Å². The minimum absolute atomic E-state index is 0.109. The number of benzene rings is 1. The Morgan fingerprint density at radius 3 is 2.44 bits per heavy atom. The monoisotopic (exact) mass is 268 g/mol. The van der Waals surface area contributed by atoms with Crippen molar-refractivity contribution in [3.8, 4) is 11.5 Å². The van der Waals surface area contributed by atoms with Crippen LogP contribution >= 0.6 is 11.6 Å². The topological polar surface area (TPSA) is 18.5 Å². The van der Waals surface area contributed by atoms with E-state index in [4.69, 9.17) is 21.1 Å². The molecule has 2 nitrogen and oxygen atoms in total.